The van der Waals surface area contributed by atoms with Gasteiger partial charge in [-0.3, -0.25) is 20.2 Å². The standard InChI is InChI=1S/2C8H9N4S.2C4H9.Sn/c2*1-6(11-12-8(9)13)7-4-2-3-5-10-7;2*1-3-4-2;/h2*2-5H,1H3,(H2-,9,10,12,13);2*1,3-4H2,2H3;/q4*-1;/p+2. The third-order valence-corrected chi connectivity index (χ3v) is 3.58. The van der Waals surface area contributed by atoms with Gasteiger partial charge in [0.05, 0.1) is 22.8 Å². The van der Waals surface area contributed by atoms with Gasteiger partial charge in [-0.25, -0.2) is 0 Å². The number of unbranched alkanes of at least 4 members (excludes halogenated alkanes) is 2. The van der Waals surface area contributed by atoms with Gasteiger partial charge in [0.15, 0.2) is 0 Å². The van der Waals surface area contributed by atoms with Crippen molar-refractivity contribution in [3.63, 3.8) is 0 Å². The molecule has 0 saturated heterocycles. The van der Waals surface area contributed by atoms with Crippen molar-refractivity contribution in [1.29, 1.82) is 0 Å². The Kier molecular flexibility index (Phi) is 28.7. The molecule has 0 aliphatic heterocycles. The van der Waals surface area contributed by atoms with Crippen LogP contribution < -0.4 is 0 Å². The summed E-state index contributed by atoms with van der Waals surface area (Å²) in [7, 11) is 0. The summed E-state index contributed by atoms with van der Waals surface area (Å²) in [5.74, 6) is 0. The SMILES string of the molecule is CC(=N/N=C(/[NH-])[SH2+])c1ccccn1.CC(=N/N=C(/[NH-])[SH2+])c1ccccn1.[CH2-]CCC.[CH2-]CCC.[Sn]. The van der Waals surface area contributed by atoms with Crippen LogP contribution in [0.1, 0.15) is 64.8 Å². The maximum atomic E-state index is 6.97. The number of hydrogen-bond acceptors (Lipinski definition) is 6. The van der Waals surface area contributed by atoms with Crippen molar-refractivity contribution in [2.75, 3.05) is 0 Å². The number of rotatable bonds is 6. The third-order valence-electron chi connectivity index (χ3n) is 3.38. The Balaban J connectivity index is -0.000000440. The zero-order valence-electron chi connectivity index (χ0n) is 21.0. The van der Waals surface area contributed by atoms with E-state index in [1.807, 2.05) is 36.4 Å². The van der Waals surface area contributed by atoms with Crippen molar-refractivity contribution in [3.8, 4) is 0 Å². The third kappa shape index (κ3) is 25.0. The second-order valence-electron chi connectivity index (χ2n) is 6.41. The molecule has 0 spiro atoms. The fraction of sp³-hybridized carbons (Fsp3) is 0.333. The Bertz CT molecular complexity index is 788. The molecule has 2 N–H and O–H groups in total. The van der Waals surface area contributed by atoms with Crippen molar-refractivity contribution in [3.05, 3.63) is 85.5 Å². The quantitative estimate of drug-likeness (QED) is 0.108. The van der Waals surface area contributed by atoms with Crippen LogP contribution in [-0.4, -0.2) is 55.6 Å². The molecule has 8 nitrogen and oxygen atoms in total. The molecule has 0 aromatic carbocycles. The molecule has 0 bridgehead atoms. The number of pyridine rings is 2. The molecule has 2 heterocycles. The molecule has 2 aromatic heterocycles. The first kappa shape index (κ1) is 37.6. The Hall–Kier alpha value is -1.92. The number of amidine groups is 2. The normalized spacial score (nSPS) is 11.4. The zero-order chi connectivity index (χ0) is 26.2. The molecule has 11 heteroatoms. The summed E-state index contributed by atoms with van der Waals surface area (Å²) in [6, 6.07) is 11.1. The van der Waals surface area contributed by atoms with Crippen LogP contribution in [-0.2, 0) is 25.3 Å². The van der Waals surface area contributed by atoms with Crippen LogP contribution >= 0.6 is 0 Å². The van der Waals surface area contributed by atoms with Gasteiger partial charge in [-0.1, -0.05) is 38.8 Å². The van der Waals surface area contributed by atoms with Crippen LogP contribution in [0.2, 0.25) is 0 Å². The van der Waals surface area contributed by atoms with Gasteiger partial charge in [-0.2, -0.15) is 12.8 Å². The minimum absolute atomic E-state index is 0. The number of nitrogens with zero attached hydrogens (tertiary/aromatic N) is 6. The van der Waals surface area contributed by atoms with Gasteiger partial charge in [0, 0.05) is 36.3 Å². The molecule has 4 radical (unpaired) electrons. The minimum Gasteiger partial charge on any atom is -0.439 e. The first-order chi connectivity index (χ1) is 16.2. The van der Waals surface area contributed by atoms with E-state index in [4.69, 9.17) is 11.5 Å². The summed E-state index contributed by atoms with van der Waals surface area (Å²) < 4.78 is 0. The largest absolute Gasteiger partial charge is 0.439 e. The van der Waals surface area contributed by atoms with E-state index in [0.29, 0.717) is 11.4 Å². The second kappa shape index (κ2) is 26.7. The predicted molar refractivity (Wildman–Crippen MR) is 163 cm³/mol. The molecule has 0 fully saturated rings. The van der Waals surface area contributed by atoms with Gasteiger partial charge >= 0.3 is 0 Å². The van der Waals surface area contributed by atoms with Crippen molar-refractivity contribution >= 4 is 70.9 Å². The monoisotopic (exact) mass is 622 g/mol. The molecule has 0 unspecified atom stereocenters. The van der Waals surface area contributed by atoms with E-state index >= 15 is 0 Å². The number of hydrogen-bond donors (Lipinski definition) is 0. The van der Waals surface area contributed by atoms with Crippen LogP contribution in [0.15, 0.2) is 69.2 Å². The molecule has 2 rings (SSSR count). The van der Waals surface area contributed by atoms with Crippen molar-refractivity contribution in [1.82, 2.24) is 9.97 Å². The number of aromatic nitrogens is 2. The zero-order valence-corrected chi connectivity index (χ0v) is 25.9. The average Bonchev–Trinajstić information content (AvgIpc) is 2.87. The predicted octanol–water partition coefficient (Wildman–Crippen LogP) is 5.31. The summed E-state index contributed by atoms with van der Waals surface area (Å²) in [4.78, 5) is 8.16. The molecule has 0 saturated carbocycles. The van der Waals surface area contributed by atoms with Gasteiger partial charge in [0.25, 0.3) is 0 Å². The molecular weight excluding hydrogens is 583 g/mol. The van der Waals surface area contributed by atoms with E-state index in [2.05, 4.69) is 83.3 Å². The van der Waals surface area contributed by atoms with Crippen molar-refractivity contribution < 1.29 is 0 Å². The molecule has 0 atom stereocenters. The van der Waals surface area contributed by atoms with E-state index in [0.717, 1.165) is 24.2 Å². The van der Waals surface area contributed by atoms with Crippen LogP contribution in [0, 0.1) is 13.8 Å². The van der Waals surface area contributed by atoms with E-state index in [-0.39, 0.29) is 34.2 Å². The van der Waals surface area contributed by atoms with E-state index in [9.17, 15) is 0 Å². The maximum absolute atomic E-state index is 6.97. The molecule has 0 aliphatic rings. The first-order valence-corrected chi connectivity index (χ1v) is 11.7. The summed E-state index contributed by atoms with van der Waals surface area (Å²) in [5.41, 5.74) is 16.8. The van der Waals surface area contributed by atoms with Crippen LogP contribution in [0.25, 0.3) is 11.5 Å². The summed E-state index contributed by atoms with van der Waals surface area (Å²) in [6.45, 7) is 15.0. The molecular formula is C24H38N8S2Sn-2. The Morgan fingerprint density at radius 1 is 0.743 bits per heavy atom. The minimum atomic E-state index is -0.00437. The Morgan fingerprint density at radius 2 is 1.06 bits per heavy atom. The van der Waals surface area contributed by atoms with E-state index < -0.39 is 0 Å². The topological polar surface area (TPSA) is 123 Å². The maximum Gasteiger partial charge on any atom is 0.144 e. The van der Waals surface area contributed by atoms with Crippen molar-refractivity contribution in [2.45, 2.75) is 53.4 Å². The number of nitrogens with one attached hydrogen (secondary N) is 2. The van der Waals surface area contributed by atoms with Gasteiger partial charge < -0.3 is 35.5 Å². The second-order valence-corrected chi connectivity index (χ2v) is 7.35. The van der Waals surface area contributed by atoms with E-state index in [1.54, 1.807) is 26.2 Å². The summed E-state index contributed by atoms with van der Waals surface area (Å²) in [5, 5.41) is 14.7. The Morgan fingerprint density at radius 3 is 1.26 bits per heavy atom. The fourth-order valence-corrected chi connectivity index (χ4v) is 1.61. The average molecular weight is 621 g/mol. The summed E-state index contributed by atoms with van der Waals surface area (Å²) in [6.07, 6.45) is 7.93. The van der Waals surface area contributed by atoms with Crippen LogP contribution in [0.3, 0.4) is 0 Å². The molecule has 0 aliphatic carbocycles. The molecule has 2 aromatic rings. The smallest absolute Gasteiger partial charge is 0.144 e. The summed E-state index contributed by atoms with van der Waals surface area (Å²) >= 11 is 5.82. The molecule has 0 amide bonds. The van der Waals surface area contributed by atoms with Crippen LogP contribution in [0.5, 0.6) is 0 Å². The van der Waals surface area contributed by atoms with Gasteiger partial charge in [-0.15, -0.1) is 0 Å². The van der Waals surface area contributed by atoms with Crippen LogP contribution in [0.4, 0.5) is 0 Å². The van der Waals surface area contributed by atoms with Gasteiger partial charge in [0.1, 0.15) is 10.3 Å². The molecule has 35 heavy (non-hydrogen) atoms. The fourth-order valence-electron chi connectivity index (χ4n) is 1.51. The first-order valence-electron chi connectivity index (χ1n) is 10.7. The molecule has 192 valence electrons. The Labute approximate surface area is 239 Å². The van der Waals surface area contributed by atoms with Gasteiger partial charge in [0.2, 0.25) is 0 Å². The van der Waals surface area contributed by atoms with E-state index in [1.165, 1.54) is 12.8 Å². The van der Waals surface area contributed by atoms with Gasteiger partial charge in [-0.05, 0) is 63.4 Å². The van der Waals surface area contributed by atoms with Crippen molar-refractivity contribution in [2.24, 2.45) is 20.4 Å².